The summed E-state index contributed by atoms with van der Waals surface area (Å²) in [4.78, 5) is 0. The molecule has 0 amide bonds. The molecule has 0 aliphatic carbocycles. The Morgan fingerprint density at radius 2 is 2.20 bits per heavy atom. The summed E-state index contributed by atoms with van der Waals surface area (Å²) in [5, 5.41) is 0. The Balaban J connectivity index is 2.08. The van der Waals surface area contributed by atoms with Crippen molar-refractivity contribution >= 4 is 0 Å². The highest BCUT2D eigenvalue weighted by Gasteiger charge is 2.09. The molecule has 1 rings (SSSR count). The highest BCUT2D eigenvalue weighted by molar-refractivity contribution is 4.55. The van der Waals surface area contributed by atoms with Crippen LogP contribution in [0, 0.1) is 0 Å². The van der Waals surface area contributed by atoms with Crippen LogP contribution in [0.2, 0.25) is 0 Å². The van der Waals surface area contributed by atoms with Gasteiger partial charge < -0.3 is 10.5 Å². The molecule has 2 nitrogen and oxygen atoms in total. The summed E-state index contributed by atoms with van der Waals surface area (Å²) in [5.74, 6) is 0. The van der Waals surface area contributed by atoms with Crippen molar-refractivity contribution in [3.8, 4) is 0 Å². The molecule has 0 unspecified atom stereocenters. The van der Waals surface area contributed by atoms with Crippen LogP contribution in [-0.2, 0) is 4.74 Å². The zero-order valence-corrected chi connectivity index (χ0v) is 2.98. The average molecular weight is 73.1 g/mol. The van der Waals surface area contributed by atoms with Crippen LogP contribution in [0.25, 0.3) is 0 Å². The van der Waals surface area contributed by atoms with Gasteiger partial charge in [0.05, 0.1) is 6.61 Å². The molecule has 0 radical (unpaired) electrons. The monoisotopic (exact) mass is 73.1 g/mol. The summed E-state index contributed by atoms with van der Waals surface area (Å²) < 4.78 is 4.71. The Morgan fingerprint density at radius 3 is 2.20 bits per heavy atom. The van der Waals surface area contributed by atoms with Gasteiger partial charge in [-0.2, -0.15) is 0 Å². The fourth-order valence-electron chi connectivity index (χ4n) is 0.254. The van der Waals surface area contributed by atoms with Crippen LogP contribution in [0.3, 0.4) is 0 Å². The number of ether oxygens (including phenoxy) is 1. The molecule has 0 aromatic heterocycles. The molecule has 1 fully saturated rings. The van der Waals surface area contributed by atoms with E-state index >= 15 is 0 Å². The van der Waals surface area contributed by atoms with E-state index in [2.05, 4.69) is 0 Å². The Labute approximate surface area is 30.9 Å². The number of rotatable bonds is 0. The molecule has 5 heavy (non-hydrogen) atoms. The molecule has 0 aromatic rings. The van der Waals surface area contributed by atoms with E-state index in [4.69, 9.17) is 10.5 Å². The van der Waals surface area contributed by atoms with Crippen LogP contribution < -0.4 is 5.73 Å². The largest absolute Gasteiger partial charge is 0.363 e. The van der Waals surface area contributed by atoms with Crippen LogP contribution in [0.1, 0.15) is 6.42 Å². The Kier molecular flexibility index (Phi) is 0.596. The van der Waals surface area contributed by atoms with Crippen molar-refractivity contribution in [2.45, 2.75) is 12.6 Å². The fraction of sp³-hybridized carbons (Fsp3) is 1.00. The molecule has 30 valence electrons. The number of nitrogens with two attached hydrogens (primary N) is 1. The van der Waals surface area contributed by atoms with Crippen molar-refractivity contribution in [2.75, 3.05) is 6.61 Å². The van der Waals surface area contributed by atoms with Gasteiger partial charge in [0.25, 0.3) is 0 Å². The van der Waals surface area contributed by atoms with E-state index in [0.717, 1.165) is 13.0 Å². The predicted octanol–water partition coefficient (Wildman–Crippen LogP) is -0.309. The van der Waals surface area contributed by atoms with Crippen molar-refractivity contribution in [1.82, 2.24) is 0 Å². The molecule has 1 saturated heterocycles. The van der Waals surface area contributed by atoms with Crippen molar-refractivity contribution in [2.24, 2.45) is 5.73 Å². The van der Waals surface area contributed by atoms with Gasteiger partial charge >= 0.3 is 0 Å². The first-order valence-electron chi connectivity index (χ1n) is 1.77. The molecule has 1 heterocycles. The van der Waals surface area contributed by atoms with Gasteiger partial charge in [-0.25, -0.2) is 0 Å². The lowest BCUT2D eigenvalue weighted by molar-refractivity contribution is -0.0455. The van der Waals surface area contributed by atoms with Gasteiger partial charge in [0, 0.05) is 6.42 Å². The van der Waals surface area contributed by atoms with Gasteiger partial charge in [0.2, 0.25) is 0 Å². The third-order valence-corrected chi connectivity index (χ3v) is 0.734. The lowest BCUT2D eigenvalue weighted by atomic mass is 10.3. The highest BCUT2D eigenvalue weighted by atomic mass is 16.5. The molecule has 0 aromatic carbocycles. The van der Waals surface area contributed by atoms with Crippen molar-refractivity contribution < 1.29 is 4.74 Å². The maximum Gasteiger partial charge on any atom is 0.107 e. The summed E-state index contributed by atoms with van der Waals surface area (Å²) in [5.41, 5.74) is 5.16. The van der Waals surface area contributed by atoms with Crippen LogP contribution >= 0.6 is 0 Å². The summed E-state index contributed by atoms with van der Waals surface area (Å²) >= 11 is 0. The van der Waals surface area contributed by atoms with Crippen molar-refractivity contribution in [3.05, 3.63) is 0 Å². The number of hydrogen-bond donors (Lipinski definition) is 1. The molecule has 1 aliphatic heterocycles. The Hall–Kier alpha value is -0.0800. The zero-order chi connectivity index (χ0) is 3.70. The molecule has 0 saturated carbocycles. The van der Waals surface area contributed by atoms with E-state index in [-0.39, 0.29) is 6.23 Å². The summed E-state index contributed by atoms with van der Waals surface area (Å²) in [6.07, 6.45) is 1.11. The second kappa shape index (κ2) is 0.954. The summed E-state index contributed by atoms with van der Waals surface area (Å²) in [6, 6.07) is 0. The van der Waals surface area contributed by atoms with Gasteiger partial charge in [-0.15, -0.1) is 0 Å². The molecular formula is C3H7NO. The van der Waals surface area contributed by atoms with Gasteiger partial charge in [-0.05, 0) is 0 Å². The van der Waals surface area contributed by atoms with Gasteiger partial charge in [0.1, 0.15) is 6.23 Å². The SMILES string of the molecule is N[C@H]1CCO1. The molecule has 1 aliphatic rings. The molecule has 1 atom stereocenters. The second-order valence-corrected chi connectivity index (χ2v) is 1.20. The Morgan fingerprint density at radius 1 is 1.80 bits per heavy atom. The van der Waals surface area contributed by atoms with E-state index in [1.165, 1.54) is 0 Å². The van der Waals surface area contributed by atoms with E-state index in [1.807, 2.05) is 0 Å². The zero-order valence-electron chi connectivity index (χ0n) is 2.98. The van der Waals surface area contributed by atoms with Gasteiger partial charge in [-0.3, -0.25) is 0 Å². The lowest BCUT2D eigenvalue weighted by Crippen LogP contribution is -2.34. The van der Waals surface area contributed by atoms with Crippen LogP contribution in [0.5, 0.6) is 0 Å². The minimum absolute atomic E-state index is 0.0648. The highest BCUT2D eigenvalue weighted by Crippen LogP contribution is 2.01. The van der Waals surface area contributed by atoms with Crippen molar-refractivity contribution in [1.29, 1.82) is 0 Å². The third-order valence-electron chi connectivity index (χ3n) is 0.734. The van der Waals surface area contributed by atoms with E-state index < -0.39 is 0 Å². The summed E-state index contributed by atoms with van der Waals surface area (Å²) in [7, 11) is 0. The smallest absolute Gasteiger partial charge is 0.107 e. The maximum atomic E-state index is 5.16. The van der Waals surface area contributed by atoms with Crippen LogP contribution in [-0.4, -0.2) is 12.8 Å². The average Bonchev–Trinajstić information content (AvgIpc) is 1.30. The first kappa shape index (κ1) is 3.12. The minimum atomic E-state index is 0.0648. The topological polar surface area (TPSA) is 35.2 Å². The Bertz CT molecular complexity index is 33.9. The maximum absolute atomic E-state index is 5.16. The van der Waals surface area contributed by atoms with E-state index in [0.29, 0.717) is 0 Å². The fourth-order valence-corrected chi connectivity index (χ4v) is 0.254. The van der Waals surface area contributed by atoms with Crippen molar-refractivity contribution in [3.63, 3.8) is 0 Å². The van der Waals surface area contributed by atoms with E-state index in [9.17, 15) is 0 Å². The first-order valence-corrected chi connectivity index (χ1v) is 1.77. The predicted molar refractivity (Wildman–Crippen MR) is 18.5 cm³/mol. The number of hydrogen-bond acceptors (Lipinski definition) is 2. The summed E-state index contributed by atoms with van der Waals surface area (Å²) in [6.45, 7) is 0.862. The normalized spacial score (nSPS) is 36.6. The minimum Gasteiger partial charge on any atom is -0.363 e. The van der Waals surface area contributed by atoms with E-state index in [1.54, 1.807) is 0 Å². The van der Waals surface area contributed by atoms with Crippen LogP contribution in [0.15, 0.2) is 0 Å². The quantitative estimate of drug-likeness (QED) is 0.427. The molecule has 2 N–H and O–H groups in total. The van der Waals surface area contributed by atoms with Crippen LogP contribution in [0.4, 0.5) is 0 Å². The first-order chi connectivity index (χ1) is 2.39. The molecule has 0 spiro atoms. The standard InChI is InChI=1S/C3H7NO/c4-3-1-2-5-3/h3H,1-2,4H2/t3-/m1/s1. The van der Waals surface area contributed by atoms with Gasteiger partial charge in [-0.1, -0.05) is 0 Å². The molecule has 2 heteroatoms. The molecular weight excluding hydrogens is 66.0 g/mol. The lowest BCUT2D eigenvalue weighted by Gasteiger charge is -2.20. The van der Waals surface area contributed by atoms with Gasteiger partial charge in [0.15, 0.2) is 0 Å². The second-order valence-electron chi connectivity index (χ2n) is 1.20. The third kappa shape index (κ3) is 0.412. The molecule has 0 bridgehead atoms.